The zero-order chi connectivity index (χ0) is 28.4. The van der Waals surface area contributed by atoms with Crippen molar-refractivity contribution in [3.05, 3.63) is 97.8 Å². The van der Waals surface area contributed by atoms with Crippen LogP contribution >= 0.6 is 15.9 Å². The van der Waals surface area contributed by atoms with Crippen molar-refractivity contribution < 1.29 is 23.5 Å². The Kier molecular flexibility index (Phi) is 8.07. The molecule has 0 radical (unpaired) electrons. The highest BCUT2D eigenvalue weighted by Crippen LogP contribution is 2.43. The maximum atomic E-state index is 13.9. The molecule has 1 amide bonds. The Morgan fingerprint density at radius 3 is 2.45 bits per heavy atom. The van der Waals surface area contributed by atoms with Gasteiger partial charge >= 0.3 is 0 Å². The van der Waals surface area contributed by atoms with E-state index in [1.165, 1.54) is 11.8 Å². The topological polar surface area (TPSA) is 86.0 Å². The van der Waals surface area contributed by atoms with Crippen molar-refractivity contribution in [3.8, 4) is 11.5 Å². The number of unbranched alkanes of at least 4 members (excludes halogenated alkanes) is 3. The Balaban J connectivity index is 1.63. The average molecular weight is 604 g/mol. The quantitative estimate of drug-likeness (QED) is 0.138. The molecule has 1 unspecified atom stereocenters. The molecule has 4 aromatic rings. The molecular formula is C32H30BrNO6. The summed E-state index contributed by atoms with van der Waals surface area (Å²) in [6.07, 6.45) is 4.34. The van der Waals surface area contributed by atoms with Crippen molar-refractivity contribution in [2.75, 3.05) is 18.6 Å². The second-order valence-corrected chi connectivity index (χ2v) is 10.7. The molecule has 1 atom stereocenters. The van der Waals surface area contributed by atoms with Crippen LogP contribution in [0.3, 0.4) is 0 Å². The molecule has 0 aliphatic carbocycles. The maximum absolute atomic E-state index is 13.9. The fourth-order valence-corrected chi connectivity index (χ4v) is 5.43. The average Bonchev–Trinajstić information content (AvgIpc) is 3.25. The largest absolute Gasteiger partial charge is 0.493 e. The minimum Gasteiger partial charge on any atom is -0.493 e. The van der Waals surface area contributed by atoms with E-state index in [2.05, 4.69) is 22.9 Å². The van der Waals surface area contributed by atoms with E-state index < -0.39 is 11.9 Å². The monoisotopic (exact) mass is 603 g/mol. The lowest BCUT2D eigenvalue weighted by Crippen LogP contribution is -2.29. The third-order valence-corrected chi connectivity index (χ3v) is 7.64. The number of carbonyl (C=O) groups excluding carboxylic acids is 2. The van der Waals surface area contributed by atoms with Crippen LogP contribution in [0.2, 0.25) is 0 Å². The second-order valence-electron chi connectivity index (χ2n) is 9.81. The van der Waals surface area contributed by atoms with E-state index in [4.69, 9.17) is 13.9 Å². The van der Waals surface area contributed by atoms with Crippen molar-refractivity contribution in [1.29, 1.82) is 0 Å². The summed E-state index contributed by atoms with van der Waals surface area (Å²) in [7, 11) is 1.56. The number of methoxy groups -OCH3 is 1. The number of anilines is 1. The van der Waals surface area contributed by atoms with Crippen molar-refractivity contribution in [2.45, 2.75) is 45.6 Å². The van der Waals surface area contributed by atoms with Gasteiger partial charge in [0.05, 0.1) is 30.7 Å². The molecule has 1 aliphatic rings. The van der Waals surface area contributed by atoms with E-state index in [-0.39, 0.29) is 22.5 Å². The van der Waals surface area contributed by atoms with Crippen molar-refractivity contribution in [3.63, 3.8) is 0 Å². The van der Waals surface area contributed by atoms with Crippen LogP contribution < -0.4 is 19.8 Å². The molecule has 3 aromatic carbocycles. The summed E-state index contributed by atoms with van der Waals surface area (Å²) in [6.45, 7) is 4.22. The summed E-state index contributed by atoms with van der Waals surface area (Å²) in [5.74, 6) is 0.582. The van der Waals surface area contributed by atoms with Crippen LogP contribution in [-0.4, -0.2) is 25.4 Å². The van der Waals surface area contributed by atoms with Crippen molar-refractivity contribution >= 4 is 44.3 Å². The minimum atomic E-state index is -0.780. The number of rotatable bonds is 10. The Labute approximate surface area is 240 Å². The number of hydrogen-bond acceptors (Lipinski definition) is 6. The number of amides is 1. The SMILES string of the molecule is CCCCCCOc1ccc(C2c3c(oc4ccc(Br)cc4c3=O)C(=O)N2c2ccc(C(C)=O)cc2)cc1OC. The number of ether oxygens (including phenoxy) is 2. The number of carbonyl (C=O) groups is 2. The molecule has 0 N–H and O–H groups in total. The molecular weight excluding hydrogens is 574 g/mol. The predicted molar refractivity (Wildman–Crippen MR) is 158 cm³/mol. The van der Waals surface area contributed by atoms with Crippen LogP contribution in [0.1, 0.15) is 77.6 Å². The standard InChI is InChI=1S/C32H30BrNO6/c1-4-5-6-7-16-39-26-14-10-21(17-27(26)38-3)29-28-30(36)24-18-22(33)11-15-25(24)40-31(28)32(37)34(29)23-12-8-20(9-13-23)19(2)35/h8-15,17-18,29H,4-7,16H2,1-3H3. The van der Waals surface area contributed by atoms with E-state index in [9.17, 15) is 14.4 Å². The molecule has 0 saturated carbocycles. The minimum absolute atomic E-state index is 0.00400. The van der Waals surface area contributed by atoms with E-state index in [0.29, 0.717) is 45.9 Å². The highest BCUT2D eigenvalue weighted by molar-refractivity contribution is 9.10. The molecule has 5 rings (SSSR count). The van der Waals surface area contributed by atoms with Crippen LogP contribution in [-0.2, 0) is 0 Å². The van der Waals surface area contributed by atoms with Gasteiger partial charge in [0, 0.05) is 15.7 Å². The molecule has 8 heteroatoms. The van der Waals surface area contributed by atoms with Crippen LogP contribution in [0, 0.1) is 0 Å². The number of nitrogens with zero attached hydrogens (tertiary/aromatic N) is 1. The zero-order valence-corrected chi connectivity index (χ0v) is 24.2. The molecule has 0 spiro atoms. The van der Waals surface area contributed by atoms with Gasteiger partial charge in [-0.3, -0.25) is 19.3 Å². The second kappa shape index (κ2) is 11.7. The molecule has 1 aromatic heterocycles. The van der Waals surface area contributed by atoms with Gasteiger partial charge in [0.15, 0.2) is 22.7 Å². The molecule has 0 saturated heterocycles. The Morgan fingerprint density at radius 2 is 1.75 bits per heavy atom. The van der Waals surface area contributed by atoms with Gasteiger partial charge in [-0.2, -0.15) is 0 Å². The van der Waals surface area contributed by atoms with E-state index in [1.807, 2.05) is 12.1 Å². The van der Waals surface area contributed by atoms with Crippen LogP contribution in [0.5, 0.6) is 11.5 Å². The van der Waals surface area contributed by atoms with Crippen molar-refractivity contribution in [1.82, 2.24) is 0 Å². The number of benzene rings is 3. The Morgan fingerprint density at radius 1 is 0.975 bits per heavy atom. The first kappa shape index (κ1) is 27.6. The molecule has 206 valence electrons. The number of Topliss-reactive ketones (excluding diaryl/α,β-unsaturated/α-hetero) is 1. The summed E-state index contributed by atoms with van der Waals surface area (Å²) in [6, 6.07) is 16.6. The van der Waals surface area contributed by atoms with Gasteiger partial charge in [0.25, 0.3) is 5.91 Å². The third-order valence-electron chi connectivity index (χ3n) is 7.14. The lowest BCUT2D eigenvalue weighted by Gasteiger charge is -2.26. The molecule has 2 heterocycles. The van der Waals surface area contributed by atoms with E-state index >= 15 is 0 Å². The molecule has 0 fully saturated rings. The Bertz CT molecular complexity index is 1640. The van der Waals surface area contributed by atoms with Gasteiger partial charge in [0.2, 0.25) is 5.76 Å². The van der Waals surface area contributed by atoms with E-state index in [0.717, 1.165) is 30.2 Å². The van der Waals surface area contributed by atoms with Crippen LogP contribution in [0.25, 0.3) is 11.0 Å². The third kappa shape index (κ3) is 5.16. The predicted octanol–water partition coefficient (Wildman–Crippen LogP) is 7.48. The number of hydrogen-bond donors (Lipinski definition) is 0. The lowest BCUT2D eigenvalue weighted by atomic mass is 9.97. The summed E-state index contributed by atoms with van der Waals surface area (Å²) in [4.78, 5) is 41.2. The summed E-state index contributed by atoms with van der Waals surface area (Å²) in [5.41, 5.74) is 2.02. The number of ketones is 1. The molecule has 40 heavy (non-hydrogen) atoms. The Hall–Kier alpha value is -3.91. The van der Waals surface area contributed by atoms with Gasteiger partial charge in [-0.1, -0.05) is 48.2 Å². The zero-order valence-electron chi connectivity index (χ0n) is 22.7. The molecule has 7 nitrogen and oxygen atoms in total. The first-order chi connectivity index (χ1) is 19.3. The fraction of sp³-hybridized carbons (Fsp3) is 0.281. The van der Waals surface area contributed by atoms with Gasteiger partial charge in [-0.15, -0.1) is 0 Å². The normalized spacial score (nSPS) is 14.4. The highest BCUT2D eigenvalue weighted by Gasteiger charge is 2.44. The summed E-state index contributed by atoms with van der Waals surface area (Å²) < 4.78 is 18.5. The van der Waals surface area contributed by atoms with Gasteiger partial charge in [0.1, 0.15) is 5.58 Å². The lowest BCUT2D eigenvalue weighted by molar-refractivity contribution is 0.0970. The van der Waals surface area contributed by atoms with E-state index in [1.54, 1.807) is 55.6 Å². The van der Waals surface area contributed by atoms with Gasteiger partial charge < -0.3 is 13.9 Å². The van der Waals surface area contributed by atoms with Crippen LogP contribution in [0.15, 0.2) is 74.3 Å². The first-order valence-corrected chi connectivity index (χ1v) is 14.1. The van der Waals surface area contributed by atoms with Crippen molar-refractivity contribution in [2.24, 2.45) is 0 Å². The first-order valence-electron chi connectivity index (χ1n) is 13.4. The summed E-state index contributed by atoms with van der Waals surface area (Å²) in [5, 5.41) is 0.374. The van der Waals surface area contributed by atoms with Gasteiger partial charge in [-0.25, -0.2) is 0 Å². The smallest absolute Gasteiger partial charge is 0.295 e. The summed E-state index contributed by atoms with van der Waals surface area (Å²) >= 11 is 3.43. The highest BCUT2D eigenvalue weighted by atomic mass is 79.9. The van der Waals surface area contributed by atoms with Gasteiger partial charge in [-0.05, 0) is 73.5 Å². The number of fused-ring (bicyclic) bond motifs is 2. The maximum Gasteiger partial charge on any atom is 0.295 e. The molecule has 0 bridgehead atoms. The number of halogens is 1. The molecule has 1 aliphatic heterocycles. The fourth-order valence-electron chi connectivity index (χ4n) is 5.07. The van der Waals surface area contributed by atoms with Crippen LogP contribution in [0.4, 0.5) is 5.69 Å².